The van der Waals surface area contributed by atoms with Gasteiger partial charge < -0.3 is 19.7 Å². The van der Waals surface area contributed by atoms with Crippen LogP contribution in [0.5, 0.6) is 0 Å². The van der Waals surface area contributed by atoms with Crippen molar-refractivity contribution in [2.45, 2.75) is 57.9 Å². The molecule has 1 saturated heterocycles. The Labute approximate surface area is 201 Å². The first kappa shape index (κ1) is 24.0. The molecule has 2 fully saturated rings. The quantitative estimate of drug-likeness (QED) is 0.632. The van der Waals surface area contributed by atoms with E-state index < -0.39 is 5.43 Å². The molecule has 2 amide bonds. The summed E-state index contributed by atoms with van der Waals surface area (Å²) in [5.41, 5.74) is 0.869. The minimum Gasteiger partial charge on any atom is -0.368 e. The van der Waals surface area contributed by atoms with Gasteiger partial charge >= 0.3 is 0 Å². The topological polar surface area (TPSA) is 74.7 Å². The van der Waals surface area contributed by atoms with Gasteiger partial charge in [-0.15, -0.1) is 0 Å². The molecule has 0 unspecified atom stereocenters. The van der Waals surface area contributed by atoms with E-state index in [1.807, 2.05) is 22.8 Å². The van der Waals surface area contributed by atoms with Crippen LogP contribution in [0.3, 0.4) is 0 Å². The normalized spacial score (nSPS) is 17.0. The third-order valence-corrected chi connectivity index (χ3v) is 7.02. The summed E-state index contributed by atoms with van der Waals surface area (Å²) in [4.78, 5) is 43.7. The van der Waals surface area contributed by atoms with E-state index in [1.54, 1.807) is 17.3 Å². The summed E-state index contributed by atoms with van der Waals surface area (Å²) in [7, 11) is 0. The standard InChI is InChI=1S/C27H36N4O3/c1-2-3-14-28-26(33)23-19-31(22-12-8-5-9-13-22)20-24(25(23)32)27(34)30-17-15-29(16-18-30)21-10-6-4-7-11-21/h4,6-7,10-11,19-20,22H,2-3,5,8-9,12-18H2,1H3,(H,28,33). The Kier molecular flexibility index (Phi) is 8.03. The summed E-state index contributed by atoms with van der Waals surface area (Å²) >= 11 is 0. The molecular formula is C27H36N4O3. The molecule has 0 atom stereocenters. The second-order valence-electron chi connectivity index (χ2n) is 9.38. The van der Waals surface area contributed by atoms with Gasteiger partial charge in [0, 0.05) is 56.8 Å². The minimum atomic E-state index is -0.462. The van der Waals surface area contributed by atoms with Crippen LogP contribution in [0, 0.1) is 0 Å². The molecule has 2 aromatic rings. The lowest BCUT2D eigenvalue weighted by atomic mass is 9.95. The highest BCUT2D eigenvalue weighted by Gasteiger charge is 2.28. The van der Waals surface area contributed by atoms with E-state index in [9.17, 15) is 14.4 Å². The Hall–Kier alpha value is -3.09. The molecule has 1 aromatic carbocycles. The van der Waals surface area contributed by atoms with Crippen LogP contribution < -0.4 is 15.6 Å². The van der Waals surface area contributed by atoms with Crippen molar-refractivity contribution in [3.05, 3.63) is 64.1 Å². The Morgan fingerprint density at radius 3 is 2.29 bits per heavy atom. The Bertz CT molecular complexity index is 1040. The Balaban J connectivity index is 1.56. The maximum absolute atomic E-state index is 13.5. The zero-order valence-electron chi connectivity index (χ0n) is 20.2. The summed E-state index contributed by atoms with van der Waals surface area (Å²) in [5.74, 6) is -0.656. The second-order valence-corrected chi connectivity index (χ2v) is 9.38. The fourth-order valence-corrected chi connectivity index (χ4v) is 4.95. The number of pyridine rings is 1. The fourth-order valence-electron chi connectivity index (χ4n) is 4.95. The maximum atomic E-state index is 13.5. The molecule has 34 heavy (non-hydrogen) atoms. The van der Waals surface area contributed by atoms with Crippen molar-refractivity contribution in [3.63, 3.8) is 0 Å². The molecule has 7 nitrogen and oxygen atoms in total. The van der Waals surface area contributed by atoms with E-state index in [1.165, 1.54) is 6.42 Å². The summed E-state index contributed by atoms with van der Waals surface area (Å²) in [6.07, 6.45) is 10.6. The highest BCUT2D eigenvalue weighted by atomic mass is 16.2. The first-order chi connectivity index (χ1) is 16.6. The number of carbonyl (C=O) groups excluding carboxylic acids is 2. The second kappa shape index (κ2) is 11.4. The largest absolute Gasteiger partial charge is 0.368 e. The molecule has 1 aromatic heterocycles. The molecule has 1 saturated carbocycles. The van der Waals surface area contributed by atoms with Crippen LogP contribution in [0.4, 0.5) is 5.69 Å². The number of hydrogen-bond donors (Lipinski definition) is 1. The van der Waals surface area contributed by atoms with E-state index >= 15 is 0 Å². The number of unbranched alkanes of at least 4 members (excludes halogenated alkanes) is 1. The number of rotatable bonds is 7. The zero-order valence-corrected chi connectivity index (χ0v) is 20.2. The predicted molar refractivity (Wildman–Crippen MR) is 135 cm³/mol. The Morgan fingerprint density at radius 1 is 0.941 bits per heavy atom. The predicted octanol–water partition coefficient (Wildman–Crippen LogP) is 3.85. The van der Waals surface area contributed by atoms with Gasteiger partial charge in [-0.3, -0.25) is 14.4 Å². The number of benzene rings is 1. The van der Waals surface area contributed by atoms with E-state index in [4.69, 9.17) is 0 Å². The van der Waals surface area contributed by atoms with Gasteiger partial charge in [0.05, 0.1) is 0 Å². The SMILES string of the molecule is CCCCNC(=O)c1cn(C2CCCCC2)cc(C(=O)N2CCN(c3ccccc3)CC2)c1=O. The molecule has 1 aliphatic heterocycles. The monoisotopic (exact) mass is 464 g/mol. The maximum Gasteiger partial charge on any atom is 0.259 e. The third-order valence-electron chi connectivity index (χ3n) is 7.02. The molecule has 7 heteroatoms. The molecule has 182 valence electrons. The summed E-state index contributed by atoms with van der Waals surface area (Å²) < 4.78 is 1.96. The van der Waals surface area contributed by atoms with Crippen molar-refractivity contribution in [1.82, 2.24) is 14.8 Å². The molecule has 2 aliphatic rings. The number of amides is 2. The summed E-state index contributed by atoms with van der Waals surface area (Å²) in [6.45, 7) is 5.09. The first-order valence-corrected chi connectivity index (χ1v) is 12.7. The molecule has 2 heterocycles. The van der Waals surface area contributed by atoms with Gasteiger partial charge in [-0.2, -0.15) is 0 Å². The van der Waals surface area contributed by atoms with Crippen LogP contribution in [0.1, 0.15) is 78.6 Å². The number of piperazine rings is 1. The van der Waals surface area contributed by atoms with Crippen molar-refractivity contribution >= 4 is 17.5 Å². The number of nitrogens with zero attached hydrogens (tertiary/aromatic N) is 3. The average Bonchev–Trinajstić information content (AvgIpc) is 2.89. The molecule has 0 spiro atoms. The van der Waals surface area contributed by atoms with Crippen molar-refractivity contribution in [3.8, 4) is 0 Å². The van der Waals surface area contributed by atoms with Crippen LogP contribution in [0.2, 0.25) is 0 Å². The van der Waals surface area contributed by atoms with Gasteiger partial charge in [-0.25, -0.2) is 0 Å². The highest BCUT2D eigenvalue weighted by molar-refractivity contribution is 5.99. The lowest BCUT2D eigenvalue weighted by Crippen LogP contribution is -2.50. The molecule has 0 bridgehead atoms. The van der Waals surface area contributed by atoms with Gasteiger partial charge in [0.15, 0.2) is 0 Å². The lowest BCUT2D eigenvalue weighted by molar-refractivity contribution is 0.0744. The molecule has 4 rings (SSSR count). The molecular weight excluding hydrogens is 428 g/mol. The zero-order chi connectivity index (χ0) is 23.9. The van der Waals surface area contributed by atoms with E-state index in [2.05, 4.69) is 29.3 Å². The van der Waals surface area contributed by atoms with Crippen molar-refractivity contribution < 1.29 is 9.59 Å². The Morgan fingerprint density at radius 2 is 1.62 bits per heavy atom. The van der Waals surface area contributed by atoms with Gasteiger partial charge in [0.25, 0.3) is 11.8 Å². The number of nitrogens with one attached hydrogen (secondary N) is 1. The van der Waals surface area contributed by atoms with Crippen molar-refractivity contribution in [1.29, 1.82) is 0 Å². The average molecular weight is 465 g/mol. The highest BCUT2D eigenvalue weighted by Crippen LogP contribution is 2.28. The number of aromatic nitrogens is 1. The summed E-state index contributed by atoms with van der Waals surface area (Å²) in [5, 5.41) is 2.86. The van der Waals surface area contributed by atoms with E-state index in [0.717, 1.165) is 44.2 Å². The number of hydrogen-bond acceptors (Lipinski definition) is 4. The van der Waals surface area contributed by atoms with Crippen LogP contribution in [-0.4, -0.2) is 54.0 Å². The lowest BCUT2D eigenvalue weighted by Gasteiger charge is -2.36. The van der Waals surface area contributed by atoms with Crippen molar-refractivity contribution in [2.75, 3.05) is 37.6 Å². The number of anilines is 1. The van der Waals surface area contributed by atoms with E-state index in [-0.39, 0.29) is 29.0 Å². The van der Waals surface area contributed by atoms with Crippen LogP contribution >= 0.6 is 0 Å². The number of para-hydroxylation sites is 1. The molecule has 1 N–H and O–H groups in total. The van der Waals surface area contributed by atoms with Crippen molar-refractivity contribution in [2.24, 2.45) is 0 Å². The van der Waals surface area contributed by atoms with Crippen LogP contribution in [0.25, 0.3) is 0 Å². The molecule has 0 radical (unpaired) electrons. The van der Waals surface area contributed by atoms with Gasteiger partial charge in [0.2, 0.25) is 5.43 Å². The van der Waals surface area contributed by atoms with E-state index in [0.29, 0.717) is 32.7 Å². The number of carbonyl (C=O) groups is 2. The van der Waals surface area contributed by atoms with Gasteiger partial charge in [0.1, 0.15) is 11.1 Å². The van der Waals surface area contributed by atoms with Gasteiger partial charge in [-0.05, 0) is 31.4 Å². The third kappa shape index (κ3) is 5.51. The first-order valence-electron chi connectivity index (χ1n) is 12.7. The smallest absolute Gasteiger partial charge is 0.259 e. The summed E-state index contributed by atoms with van der Waals surface area (Å²) in [6, 6.07) is 10.4. The minimum absolute atomic E-state index is 0.0791. The van der Waals surface area contributed by atoms with Crippen LogP contribution in [-0.2, 0) is 0 Å². The fraction of sp³-hybridized carbons (Fsp3) is 0.519. The van der Waals surface area contributed by atoms with Gasteiger partial charge in [-0.1, -0.05) is 50.8 Å². The van der Waals surface area contributed by atoms with Crippen LogP contribution in [0.15, 0.2) is 47.5 Å². The molecule has 1 aliphatic carbocycles.